The number of nitrogens with two attached hydrogens (primary N) is 1. The Morgan fingerprint density at radius 1 is 1.39 bits per heavy atom. The molecule has 0 fully saturated rings. The van der Waals surface area contributed by atoms with Gasteiger partial charge in [-0.3, -0.25) is 4.57 Å². The quantitative estimate of drug-likeness (QED) is 0.901. The highest BCUT2D eigenvalue weighted by Gasteiger charge is 2.13. The van der Waals surface area contributed by atoms with Gasteiger partial charge < -0.3 is 10.5 Å². The zero-order chi connectivity index (χ0) is 13.1. The Kier molecular flexibility index (Phi) is 3.20. The van der Waals surface area contributed by atoms with Gasteiger partial charge in [-0.2, -0.15) is 5.26 Å². The third-order valence-electron chi connectivity index (χ3n) is 2.64. The molecular weight excluding hydrogens is 233 g/mol. The van der Waals surface area contributed by atoms with Gasteiger partial charge in [0, 0.05) is 6.07 Å². The lowest BCUT2D eigenvalue weighted by Gasteiger charge is -2.09. The number of methoxy groups -OCH3 is 1. The van der Waals surface area contributed by atoms with Crippen LogP contribution in [0.1, 0.15) is 11.3 Å². The molecule has 1 aromatic carbocycles. The summed E-state index contributed by atoms with van der Waals surface area (Å²) in [4.78, 5) is 0. The van der Waals surface area contributed by atoms with Crippen LogP contribution in [0.5, 0.6) is 5.88 Å². The van der Waals surface area contributed by atoms with Crippen molar-refractivity contribution in [2.75, 3.05) is 12.8 Å². The number of benzene rings is 1. The Bertz CT molecular complexity index is 596. The van der Waals surface area contributed by atoms with Gasteiger partial charge in [-0.15, -0.1) is 0 Å². The van der Waals surface area contributed by atoms with Crippen molar-refractivity contribution in [3.8, 4) is 11.9 Å². The number of rotatable bonds is 3. The van der Waals surface area contributed by atoms with Crippen molar-refractivity contribution in [3.63, 3.8) is 0 Å². The van der Waals surface area contributed by atoms with Gasteiger partial charge in [0.05, 0.1) is 19.3 Å². The van der Waals surface area contributed by atoms with E-state index in [0.29, 0.717) is 23.8 Å². The number of nitriles is 1. The average molecular weight is 245 g/mol. The molecule has 2 N–H and O–H groups in total. The van der Waals surface area contributed by atoms with E-state index in [1.807, 2.05) is 0 Å². The molecule has 0 saturated heterocycles. The van der Waals surface area contributed by atoms with E-state index in [2.05, 4.69) is 6.07 Å². The summed E-state index contributed by atoms with van der Waals surface area (Å²) in [6, 6.07) is 9.68. The summed E-state index contributed by atoms with van der Waals surface area (Å²) >= 11 is 0. The Hall–Kier alpha value is -2.48. The molecule has 2 rings (SSSR count). The maximum atomic E-state index is 12.8. The maximum absolute atomic E-state index is 12.8. The van der Waals surface area contributed by atoms with Gasteiger partial charge in [0.2, 0.25) is 5.88 Å². The van der Waals surface area contributed by atoms with Crippen molar-refractivity contribution in [1.29, 1.82) is 5.26 Å². The lowest BCUT2D eigenvalue weighted by Crippen LogP contribution is -2.05. The molecule has 0 atom stereocenters. The highest BCUT2D eigenvalue weighted by Crippen LogP contribution is 2.27. The zero-order valence-electron chi connectivity index (χ0n) is 9.85. The number of nitrogens with zero attached hydrogens (tertiary/aromatic N) is 2. The van der Waals surface area contributed by atoms with Crippen molar-refractivity contribution < 1.29 is 9.13 Å². The number of anilines is 1. The van der Waals surface area contributed by atoms with Gasteiger partial charge in [-0.1, -0.05) is 12.1 Å². The van der Waals surface area contributed by atoms with Crippen molar-refractivity contribution in [2.24, 2.45) is 0 Å². The Balaban J connectivity index is 2.39. The summed E-state index contributed by atoms with van der Waals surface area (Å²) in [5.41, 5.74) is 7.44. The van der Waals surface area contributed by atoms with Crippen LogP contribution in [0.3, 0.4) is 0 Å². The molecule has 0 unspecified atom stereocenters. The predicted octanol–water partition coefficient (Wildman–Crippen LogP) is 2.14. The highest BCUT2D eigenvalue weighted by molar-refractivity contribution is 5.55. The monoisotopic (exact) mass is 245 g/mol. The molecule has 0 saturated carbocycles. The largest absolute Gasteiger partial charge is 0.481 e. The van der Waals surface area contributed by atoms with Gasteiger partial charge in [-0.25, -0.2) is 4.39 Å². The minimum Gasteiger partial charge on any atom is -0.481 e. The maximum Gasteiger partial charge on any atom is 0.218 e. The second-order valence-corrected chi connectivity index (χ2v) is 3.82. The van der Waals surface area contributed by atoms with Crippen LogP contribution < -0.4 is 10.5 Å². The van der Waals surface area contributed by atoms with Gasteiger partial charge in [-0.05, 0) is 17.7 Å². The van der Waals surface area contributed by atoms with E-state index in [0.717, 1.165) is 5.56 Å². The zero-order valence-corrected chi connectivity index (χ0v) is 9.85. The van der Waals surface area contributed by atoms with E-state index >= 15 is 0 Å². The molecule has 4 nitrogen and oxygen atoms in total. The summed E-state index contributed by atoms with van der Waals surface area (Å²) < 4.78 is 19.6. The van der Waals surface area contributed by atoms with Gasteiger partial charge in [0.25, 0.3) is 0 Å². The number of ether oxygens (including phenoxy) is 1. The summed E-state index contributed by atoms with van der Waals surface area (Å²) in [5, 5.41) is 9.03. The second kappa shape index (κ2) is 4.80. The minimum atomic E-state index is -0.293. The van der Waals surface area contributed by atoms with Crippen LogP contribution in [0.2, 0.25) is 0 Å². The fraction of sp³-hybridized carbons (Fsp3) is 0.154. The van der Waals surface area contributed by atoms with Crippen LogP contribution in [-0.2, 0) is 6.54 Å². The molecule has 2 aromatic rings. The van der Waals surface area contributed by atoms with Crippen molar-refractivity contribution in [3.05, 3.63) is 47.4 Å². The fourth-order valence-electron chi connectivity index (χ4n) is 1.80. The molecule has 0 aliphatic carbocycles. The second-order valence-electron chi connectivity index (χ2n) is 3.82. The normalized spacial score (nSPS) is 10.1. The van der Waals surface area contributed by atoms with E-state index in [1.165, 1.54) is 19.2 Å². The lowest BCUT2D eigenvalue weighted by atomic mass is 10.2. The number of hydrogen-bond acceptors (Lipinski definition) is 3. The predicted molar refractivity (Wildman–Crippen MR) is 65.6 cm³/mol. The Morgan fingerprint density at radius 3 is 2.61 bits per heavy atom. The van der Waals surface area contributed by atoms with E-state index in [-0.39, 0.29) is 5.82 Å². The molecule has 0 spiro atoms. The van der Waals surface area contributed by atoms with Crippen molar-refractivity contribution in [1.82, 2.24) is 4.57 Å². The topological polar surface area (TPSA) is 64.0 Å². The SMILES string of the molecule is COc1c(N)cc(C#N)n1Cc1ccc(F)cc1. The van der Waals surface area contributed by atoms with E-state index in [9.17, 15) is 4.39 Å². The molecule has 1 aromatic heterocycles. The van der Waals surface area contributed by atoms with Crippen molar-refractivity contribution >= 4 is 5.69 Å². The molecule has 0 bridgehead atoms. The molecule has 18 heavy (non-hydrogen) atoms. The molecule has 0 amide bonds. The van der Waals surface area contributed by atoms with E-state index in [1.54, 1.807) is 22.8 Å². The third kappa shape index (κ3) is 2.13. The van der Waals surface area contributed by atoms with Gasteiger partial charge in [0.15, 0.2) is 0 Å². The third-order valence-corrected chi connectivity index (χ3v) is 2.64. The van der Waals surface area contributed by atoms with Crippen LogP contribution in [0.25, 0.3) is 0 Å². The summed E-state index contributed by atoms with van der Waals surface area (Å²) in [6.45, 7) is 0.406. The lowest BCUT2D eigenvalue weighted by molar-refractivity contribution is 0.379. The smallest absolute Gasteiger partial charge is 0.218 e. The first kappa shape index (κ1) is 12.0. The fourth-order valence-corrected chi connectivity index (χ4v) is 1.80. The van der Waals surface area contributed by atoms with Crippen LogP contribution in [0.15, 0.2) is 30.3 Å². The molecular formula is C13H12FN3O. The summed E-state index contributed by atoms with van der Waals surface area (Å²) in [5.74, 6) is 0.147. The van der Waals surface area contributed by atoms with Gasteiger partial charge in [0.1, 0.15) is 17.6 Å². The van der Waals surface area contributed by atoms with Crippen LogP contribution in [-0.4, -0.2) is 11.7 Å². The van der Waals surface area contributed by atoms with Crippen LogP contribution >= 0.6 is 0 Å². The highest BCUT2D eigenvalue weighted by atomic mass is 19.1. The first-order chi connectivity index (χ1) is 8.65. The standard InChI is InChI=1S/C13H12FN3O/c1-18-13-12(16)6-11(7-15)17(13)8-9-2-4-10(14)5-3-9/h2-6H,8,16H2,1H3. The molecule has 0 radical (unpaired) electrons. The number of aromatic nitrogens is 1. The molecule has 0 aliphatic heterocycles. The summed E-state index contributed by atoms with van der Waals surface area (Å²) in [7, 11) is 1.49. The van der Waals surface area contributed by atoms with E-state index < -0.39 is 0 Å². The number of halogens is 1. The number of nitrogen functional groups attached to an aromatic ring is 1. The minimum absolute atomic E-state index is 0.293. The van der Waals surface area contributed by atoms with Crippen LogP contribution in [0, 0.1) is 17.1 Å². The molecule has 1 heterocycles. The molecule has 5 heteroatoms. The Morgan fingerprint density at radius 2 is 2.06 bits per heavy atom. The van der Waals surface area contributed by atoms with Crippen LogP contribution in [0.4, 0.5) is 10.1 Å². The molecule has 0 aliphatic rings. The Labute approximate surface area is 104 Å². The van der Waals surface area contributed by atoms with E-state index in [4.69, 9.17) is 15.7 Å². The summed E-state index contributed by atoms with van der Waals surface area (Å²) in [6.07, 6.45) is 0. The van der Waals surface area contributed by atoms with Gasteiger partial charge >= 0.3 is 0 Å². The molecule has 92 valence electrons. The first-order valence-electron chi connectivity index (χ1n) is 5.33. The first-order valence-corrected chi connectivity index (χ1v) is 5.33. The number of hydrogen-bond donors (Lipinski definition) is 1. The average Bonchev–Trinajstić information content (AvgIpc) is 2.67. The van der Waals surface area contributed by atoms with Crippen molar-refractivity contribution in [2.45, 2.75) is 6.54 Å².